The first kappa shape index (κ1) is 32.1. The molecule has 8 atom stereocenters. The molecule has 43 heavy (non-hydrogen) atoms. The number of primary amides is 1. The summed E-state index contributed by atoms with van der Waals surface area (Å²) in [4.78, 5) is 44.6. The third-order valence-electron chi connectivity index (χ3n) is 12.4. The molecule has 0 aromatic carbocycles. The number of carbonyl (C=O) groups is 3. The summed E-state index contributed by atoms with van der Waals surface area (Å²) in [5.41, 5.74) is 8.18. The Kier molecular flexibility index (Phi) is 9.17. The van der Waals surface area contributed by atoms with E-state index < -0.39 is 6.09 Å². The van der Waals surface area contributed by atoms with Crippen molar-refractivity contribution in [3.63, 3.8) is 0 Å². The van der Waals surface area contributed by atoms with Gasteiger partial charge in [-0.15, -0.1) is 0 Å². The van der Waals surface area contributed by atoms with E-state index in [1.54, 1.807) is 4.90 Å². The second-order valence-corrected chi connectivity index (χ2v) is 15.9. The fourth-order valence-electron chi connectivity index (χ4n) is 9.78. The molecule has 4 fully saturated rings. The van der Waals surface area contributed by atoms with Crippen molar-refractivity contribution in [1.82, 2.24) is 10.2 Å². The van der Waals surface area contributed by atoms with Crippen LogP contribution in [-0.2, 0) is 14.4 Å². The van der Waals surface area contributed by atoms with Crippen LogP contribution in [0.5, 0.6) is 0 Å². The molecule has 1 heterocycles. The zero-order chi connectivity index (χ0) is 31.2. The van der Waals surface area contributed by atoms with Gasteiger partial charge in [-0.1, -0.05) is 24.6 Å². The lowest BCUT2D eigenvalue weighted by molar-refractivity contribution is -0.869. The maximum absolute atomic E-state index is 13.4. The number of hydrogen-bond donors (Lipinski definition) is 2. The number of likely N-dealkylation sites (N-methyl/N-ethyl adjacent to an activating group) is 1. The first-order chi connectivity index (χ1) is 20.2. The molecule has 0 aromatic heterocycles. The lowest BCUT2D eigenvalue weighted by Crippen LogP contribution is -2.51. The predicted octanol–water partition coefficient (Wildman–Crippen LogP) is 4.65. The van der Waals surface area contributed by atoms with Crippen LogP contribution >= 0.6 is 0 Å². The highest BCUT2D eigenvalue weighted by Gasteiger charge is 2.59. The van der Waals surface area contributed by atoms with E-state index in [0.717, 1.165) is 61.7 Å². The molecule has 3 saturated carbocycles. The van der Waals surface area contributed by atoms with Crippen molar-refractivity contribution in [3.8, 4) is 0 Å². The third kappa shape index (κ3) is 6.58. The van der Waals surface area contributed by atoms with E-state index in [9.17, 15) is 14.4 Å². The number of nitrogens with zero attached hydrogens (tertiary/aromatic N) is 3. The fraction of sp³-hybridized carbons (Fsp3) is 0.824. The Hall–Kier alpha value is -2.26. The summed E-state index contributed by atoms with van der Waals surface area (Å²) in [6, 6.07) is -0.118. The van der Waals surface area contributed by atoms with Gasteiger partial charge >= 0.3 is 6.09 Å². The molecule has 5 aliphatic rings. The minimum atomic E-state index is -0.396. The summed E-state index contributed by atoms with van der Waals surface area (Å²) < 4.78 is 0.744. The number of quaternary nitrogens is 1. The van der Waals surface area contributed by atoms with Crippen LogP contribution in [-0.4, -0.2) is 85.7 Å². The van der Waals surface area contributed by atoms with Crippen LogP contribution in [0.2, 0.25) is 0 Å². The first-order valence-corrected chi connectivity index (χ1v) is 16.8. The van der Waals surface area contributed by atoms with Gasteiger partial charge in [-0.2, -0.15) is 0 Å². The van der Waals surface area contributed by atoms with Crippen molar-refractivity contribution in [3.05, 3.63) is 11.6 Å². The Morgan fingerprint density at radius 2 is 1.81 bits per heavy atom. The van der Waals surface area contributed by atoms with Gasteiger partial charge in [0.2, 0.25) is 5.91 Å². The summed E-state index contributed by atoms with van der Waals surface area (Å²) in [6.07, 6.45) is 12.6. The van der Waals surface area contributed by atoms with Crippen molar-refractivity contribution in [2.45, 2.75) is 103 Å². The van der Waals surface area contributed by atoms with Gasteiger partial charge in [-0.3, -0.25) is 14.4 Å². The number of amides is 2. The molecule has 1 aliphatic heterocycles. The van der Waals surface area contributed by atoms with Crippen molar-refractivity contribution in [1.29, 1.82) is 0 Å². The molecule has 1 saturated heterocycles. The van der Waals surface area contributed by atoms with Crippen LogP contribution in [0.15, 0.2) is 16.8 Å². The van der Waals surface area contributed by atoms with Crippen molar-refractivity contribution in [2.75, 3.05) is 40.8 Å². The van der Waals surface area contributed by atoms with E-state index in [0.29, 0.717) is 49.0 Å². The molecule has 0 spiro atoms. The topological polar surface area (TPSA) is 114 Å². The molecule has 9 nitrogen and oxygen atoms in total. The van der Waals surface area contributed by atoms with Gasteiger partial charge in [0.05, 0.1) is 46.0 Å². The number of carbonyl (C=O) groups excluding carboxylic acids is 3. The standard InChI is InChI=1S/C34H55N5O4/c1-22(37-43-32(42)38(19-20-39(4,5)6)18-15-24-8-12-30(36-24)31(35)41)27-10-11-28-26-9-7-23-21-25(40)13-16-33(23,2)29(26)14-17-34(27,28)3/h21,24,26-30,36H,7-20H2,1-6H3,(H-,35,41)/p+1/b37-22+/t24?,26-,27+,28-,29-,30?,33-,34+/m0/s1. The Labute approximate surface area is 258 Å². The number of nitrogens with two attached hydrogens (primary N) is 1. The number of fused-ring (bicyclic) bond motifs is 5. The normalized spacial score (nSPS) is 37.7. The highest BCUT2D eigenvalue weighted by molar-refractivity contribution is 5.91. The van der Waals surface area contributed by atoms with Crippen LogP contribution in [0.3, 0.4) is 0 Å². The molecule has 0 bridgehead atoms. The van der Waals surface area contributed by atoms with Gasteiger partial charge in [0.1, 0.15) is 0 Å². The Morgan fingerprint density at radius 3 is 2.51 bits per heavy atom. The predicted molar refractivity (Wildman–Crippen MR) is 168 cm³/mol. The SMILES string of the molecule is C/C(=N\OC(=O)N(CCC1CCC(C(N)=O)N1)CC[N+](C)(C)C)[C@H]1CC[C@H]2[C@@H]3CCC4=CC(=O)CC[C@]4(C)[C@H]3CC[C@]12C. The minimum Gasteiger partial charge on any atom is -0.368 e. The van der Waals surface area contributed by atoms with Crippen molar-refractivity contribution < 1.29 is 23.7 Å². The quantitative estimate of drug-likeness (QED) is 0.174. The first-order valence-electron chi connectivity index (χ1n) is 16.8. The van der Waals surface area contributed by atoms with Gasteiger partial charge in [0, 0.05) is 24.9 Å². The highest BCUT2D eigenvalue weighted by atomic mass is 16.7. The molecular formula is C34H56N5O4+. The number of rotatable bonds is 9. The summed E-state index contributed by atoms with van der Waals surface area (Å²) in [5, 5.41) is 7.82. The molecule has 240 valence electrons. The summed E-state index contributed by atoms with van der Waals surface area (Å²) >= 11 is 0. The molecule has 0 radical (unpaired) electrons. The lowest BCUT2D eigenvalue weighted by atomic mass is 9.46. The smallest absolute Gasteiger partial charge is 0.368 e. The molecule has 2 amide bonds. The van der Waals surface area contributed by atoms with Crippen molar-refractivity contribution in [2.24, 2.45) is 45.4 Å². The zero-order valence-corrected chi connectivity index (χ0v) is 27.5. The maximum atomic E-state index is 13.4. The number of allylic oxidation sites excluding steroid dienone is 1. The van der Waals surface area contributed by atoms with Crippen molar-refractivity contribution >= 4 is 23.5 Å². The van der Waals surface area contributed by atoms with Gasteiger partial charge in [0.25, 0.3) is 0 Å². The average Bonchev–Trinajstić information content (AvgIpc) is 3.56. The second kappa shape index (κ2) is 12.3. The van der Waals surface area contributed by atoms with E-state index in [2.05, 4.69) is 52.4 Å². The fourth-order valence-corrected chi connectivity index (χ4v) is 9.78. The third-order valence-corrected chi connectivity index (χ3v) is 12.4. The summed E-state index contributed by atoms with van der Waals surface area (Å²) in [7, 11) is 6.35. The number of hydrogen-bond acceptors (Lipinski definition) is 6. The molecule has 2 unspecified atom stereocenters. The molecular weight excluding hydrogens is 542 g/mol. The van der Waals surface area contributed by atoms with E-state index in [4.69, 9.17) is 10.6 Å². The maximum Gasteiger partial charge on any atom is 0.436 e. The summed E-state index contributed by atoms with van der Waals surface area (Å²) in [6.45, 7) is 8.88. The van der Waals surface area contributed by atoms with Crippen LogP contribution in [0, 0.1) is 34.5 Å². The largest absolute Gasteiger partial charge is 0.436 e. The monoisotopic (exact) mass is 598 g/mol. The van der Waals surface area contributed by atoms with Gasteiger partial charge in [-0.25, -0.2) is 4.79 Å². The van der Waals surface area contributed by atoms with E-state index >= 15 is 0 Å². The Balaban J connectivity index is 1.22. The Bertz CT molecular complexity index is 1160. The van der Waals surface area contributed by atoms with E-state index in [-0.39, 0.29) is 28.8 Å². The highest BCUT2D eigenvalue weighted by Crippen LogP contribution is 2.66. The van der Waals surface area contributed by atoms with E-state index in [1.807, 2.05) is 6.08 Å². The van der Waals surface area contributed by atoms with E-state index in [1.165, 1.54) is 24.8 Å². The Morgan fingerprint density at radius 1 is 1.05 bits per heavy atom. The number of nitrogens with one attached hydrogen (secondary N) is 1. The second-order valence-electron chi connectivity index (χ2n) is 15.9. The van der Waals surface area contributed by atoms with Gasteiger partial charge in [-0.05, 0) is 106 Å². The van der Waals surface area contributed by atoms with Crippen LogP contribution < -0.4 is 11.1 Å². The van der Waals surface area contributed by atoms with Crippen LogP contribution in [0.4, 0.5) is 4.79 Å². The van der Waals surface area contributed by atoms with Crippen LogP contribution in [0.25, 0.3) is 0 Å². The molecule has 0 aromatic rings. The lowest BCUT2D eigenvalue weighted by Gasteiger charge is -2.58. The van der Waals surface area contributed by atoms with Crippen LogP contribution in [0.1, 0.15) is 91.4 Å². The average molecular weight is 599 g/mol. The zero-order valence-electron chi connectivity index (χ0n) is 27.5. The molecule has 4 aliphatic carbocycles. The van der Waals surface area contributed by atoms with Gasteiger partial charge < -0.3 is 20.4 Å². The minimum absolute atomic E-state index is 0.162. The number of ketones is 1. The molecule has 3 N–H and O–H groups in total. The van der Waals surface area contributed by atoms with Gasteiger partial charge in [0.15, 0.2) is 5.78 Å². The molecule has 5 rings (SSSR count). The summed E-state index contributed by atoms with van der Waals surface area (Å²) in [5.74, 6) is 2.33. The molecule has 9 heteroatoms. The number of oxime groups is 1.